The number of para-hydroxylation sites is 1. The highest BCUT2D eigenvalue weighted by atomic mass is 16.5. The van der Waals surface area contributed by atoms with E-state index in [9.17, 15) is 4.79 Å². The third-order valence-corrected chi connectivity index (χ3v) is 4.18. The minimum atomic E-state index is -0.147. The van der Waals surface area contributed by atoms with E-state index in [1.807, 2.05) is 64.3 Å². The molecule has 0 unspecified atom stereocenters. The fraction of sp³-hybridized carbons (Fsp3) is 0.381. The second kappa shape index (κ2) is 9.25. The van der Waals surface area contributed by atoms with Crippen molar-refractivity contribution in [2.24, 2.45) is 0 Å². The molecule has 0 aliphatic heterocycles. The highest BCUT2D eigenvalue weighted by Crippen LogP contribution is 2.27. The Kier molecular flexibility index (Phi) is 7.04. The Balaban J connectivity index is 1.95. The van der Waals surface area contributed by atoms with Crippen molar-refractivity contribution in [1.82, 2.24) is 10.2 Å². The lowest BCUT2D eigenvalue weighted by Crippen LogP contribution is -2.37. The first-order valence-electron chi connectivity index (χ1n) is 8.68. The van der Waals surface area contributed by atoms with E-state index >= 15 is 0 Å². The Bertz CT molecular complexity index is 724. The van der Waals surface area contributed by atoms with Gasteiger partial charge in [0.15, 0.2) is 6.61 Å². The molecule has 0 fully saturated rings. The molecule has 1 atom stereocenters. The van der Waals surface area contributed by atoms with Crippen LogP contribution in [0.3, 0.4) is 0 Å². The third kappa shape index (κ3) is 5.49. The molecule has 5 nitrogen and oxygen atoms in total. The monoisotopic (exact) mass is 356 g/mol. The maximum Gasteiger partial charge on any atom is 0.258 e. The van der Waals surface area contributed by atoms with E-state index in [1.165, 1.54) is 0 Å². The molecule has 140 valence electrons. The summed E-state index contributed by atoms with van der Waals surface area (Å²) in [7, 11) is 5.62. The second-order valence-corrected chi connectivity index (χ2v) is 6.64. The summed E-state index contributed by atoms with van der Waals surface area (Å²) in [4.78, 5) is 14.3. The lowest BCUT2D eigenvalue weighted by Gasteiger charge is -2.26. The van der Waals surface area contributed by atoms with Crippen LogP contribution in [0.25, 0.3) is 0 Å². The number of likely N-dealkylation sites (N-methyl/N-ethyl adjacent to an activating group) is 1. The number of carbonyl (C=O) groups is 1. The summed E-state index contributed by atoms with van der Waals surface area (Å²) in [6, 6.07) is 13.8. The van der Waals surface area contributed by atoms with Crippen molar-refractivity contribution in [3.05, 3.63) is 59.2 Å². The molecule has 0 aromatic heterocycles. The summed E-state index contributed by atoms with van der Waals surface area (Å²) >= 11 is 0. The van der Waals surface area contributed by atoms with E-state index in [0.717, 1.165) is 22.4 Å². The zero-order valence-electron chi connectivity index (χ0n) is 16.2. The molecule has 0 radical (unpaired) electrons. The van der Waals surface area contributed by atoms with E-state index in [0.29, 0.717) is 12.3 Å². The van der Waals surface area contributed by atoms with Gasteiger partial charge in [-0.3, -0.25) is 4.79 Å². The topological polar surface area (TPSA) is 50.8 Å². The first-order valence-corrected chi connectivity index (χ1v) is 8.68. The molecule has 2 aromatic rings. The molecule has 2 aromatic carbocycles. The first-order chi connectivity index (χ1) is 12.4. The first kappa shape index (κ1) is 19.8. The number of hydrogen-bond donors (Lipinski definition) is 1. The fourth-order valence-electron chi connectivity index (χ4n) is 2.94. The van der Waals surface area contributed by atoms with Crippen LogP contribution in [0.2, 0.25) is 0 Å². The third-order valence-electron chi connectivity index (χ3n) is 4.18. The minimum Gasteiger partial charge on any atom is -0.496 e. The summed E-state index contributed by atoms with van der Waals surface area (Å²) in [6.45, 7) is 4.49. The molecule has 26 heavy (non-hydrogen) atoms. The number of nitrogens with one attached hydrogen (secondary N) is 1. The van der Waals surface area contributed by atoms with E-state index < -0.39 is 0 Å². The van der Waals surface area contributed by atoms with Gasteiger partial charge in [-0.05, 0) is 57.3 Å². The van der Waals surface area contributed by atoms with Gasteiger partial charge in [0.25, 0.3) is 5.91 Å². The number of carbonyl (C=O) groups excluding carboxylic acids is 1. The quantitative estimate of drug-likeness (QED) is 0.790. The van der Waals surface area contributed by atoms with Crippen LogP contribution in [0.15, 0.2) is 42.5 Å². The van der Waals surface area contributed by atoms with Gasteiger partial charge in [-0.2, -0.15) is 0 Å². The number of hydrogen-bond acceptors (Lipinski definition) is 4. The Morgan fingerprint density at radius 3 is 2.38 bits per heavy atom. The van der Waals surface area contributed by atoms with Crippen LogP contribution in [-0.4, -0.2) is 45.2 Å². The molecule has 0 spiro atoms. The number of nitrogens with zero attached hydrogens (tertiary/aromatic N) is 1. The number of aryl methyl sites for hydroxylation is 2. The van der Waals surface area contributed by atoms with Crippen LogP contribution in [-0.2, 0) is 4.79 Å². The molecule has 0 saturated carbocycles. The summed E-state index contributed by atoms with van der Waals surface area (Å²) in [6.07, 6.45) is 0. The van der Waals surface area contributed by atoms with E-state index in [1.54, 1.807) is 7.11 Å². The number of benzene rings is 2. The lowest BCUT2D eigenvalue weighted by molar-refractivity contribution is -0.123. The Labute approximate surface area is 155 Å². The Hall–Kier alpha value is -2.53. The highest BCUT2D eigenvalue weighted by Gasteiger charge is 2.19. The van der Waals surface area contributed by atoms with Gasteiger partial charge >= 0.3 is 0 Å². The van der Waals surface area contributed by atoms with Gasteiger partial charge in [-0.15, -0.1) is 0 Å². The van der Waals surface area contributed by atoms with Crippen molar-refractivity contribution in [3.8, 4) is 11.5 Å². The average molecular weight is 356 g/mol. The Morgan fingerprint density at radius 2 is 1.77 bits per heavy atom. The van der Waals surface area contributed by atoms with Gasteiger partial charge < -0.3 is 19.7 Å². The van der Waals surface area contributed by atoms with E-state index in [2.05, 4.69) is 16.3 Å². The molecular formula is C21H28N2O3. The van der Waals surface area contributed by atoms with Gasteiger partial charge in [0.05, 0.1) is 13.2 Å². The molecule has 1 amide bonds. The van der Waals surface area contributed by atoms with Crippen LogP contribution < -0.4 is 14.8 Å². The molecule has 0 bridgehead atoms. The van der Waals surface area contributed by atoms with Crippen molar-refractivity contribution in [2.45, 2.75) is 19.9 Å². The molecule has 0 aliphatic carbocycles. The molecule has 0 saturated heterocycles. The van der Waals surface area contributed by atoms with Crippen molar-refractivity contribution < 1.29 is 14.3 Å². The minimum absolute atomic E-state index is 0.00499. The molecular weight excluding hydrogens is 328 g/mol. The number of ether oxygens (including phenoxy) is 2. The van der Waals surface area contributed by atoms with Gasteiger partial charge in [0.1, 0.15) is 11.5 Å². The number of methoxy groups -OCH3 is 1. The maximum atomic E-state index is 12.2. The van der Waals surface area contributed by atoms with Crippen molar-refractivity contribution in [1.29, 1.82) is 0 Å². The predicted octanol–water partition coefficient (Wildman–Crippen LogP) is 3.11. The molecule has 0 heterocycles. The van der Waals surface area contributed by atoms with Crippen molar-refractivity contribution >= 4 is 5.91 Å². The zero-order chi connectivity index (χ0) is 19.1. The maximum absolute atomic E-state index is 12.2. The molecule has 2 rings (SSSR count). The van der Waals surface area contributed by atoms with Gasteiger partial charge in [-0.25, -0.2) is 0 Å². The normalized spacial score (nSPS) is 11.9. The highest BCUT2D eigenvalue weighted by molar-refractivity contribution is 5.77. The lowest BCUT2D eigenvalue weighted by atomic mass is 10.0. The van der Waals surface area contributed by atoms with Crippen LogP contribution in [0.1, 0.15) is 22.7 Å². The van der Waals surface area contributed by atoms with Gasteiger partial charge in [0, 0.05) is 12.1 Å². The van der Waals surface area contributed by atoms with Crippen LogP contribution in [0.5, 0.6) is 11.5 Å². The number of amides is 1. The average Bonchev–Trinajstić information content (AvgIpc) is 2.59. The molecule has 0 aliphatic rings. The van der Waals surface area contributed by atoms with Crippen molar-refractivity contribution in [3.63, 3.8) is 0 Å². The summed E-state index contributed by atoms with van der Waals surface area (Å²) in [5.41, 5.74) is 3.27. The fourth-order valence-corrected chi connectivity index (χ4v) is 2.94. The Morgan fingerprint density at radius 1 is 1.12 bits per heavy atom. The number of rotatable bonds is 8. The standard InChI is InChI=1S/C21H28N2O3/c1-15-10-16(2)12-17(11-15)26-14-21(24)22-13-19(23(3)4)18-8-6-7-9-20(18)25-5/h6-12,19H,13-14H2,1-5H3,(H,22,24)/t19-/m1/s1. The summed E-state index contributed by atoms with van der Waals surface area (Å²) in [5, 5.41) is 2.95. The summed E-state index contributed by atoms with van der Waals surface area (Å²) in [5.74, 6) is 1.38. The van der Waals surface area contributed by atoms with E-state index in [-0.39, 0.29) is 18.6 Å². The largest absolute Gasteiger partial charge is 0.496 e. The molecule has 1 N–H and O–H groups in total. The van der Waals surface area contributed by atoms with Crippen LogP contribution in [0, 0.1) is 13.8 Å². The zero-order valence-corrected chi connectivity index (χ0v) is 16.2. The van der Waals surface area contributed by atoms with E-state index in [4.69, 9.17) is 9.47 Å². The summed E-state index contributed by atoms with van der Waals surface area (Å²) < 4.78 is 11.1. The SMILES string of the molecule is COc1ccccc1[C@@H](CNC(=O)COc1cc(C)cc(C)c1)N(C)C. The second-order valence-electron chi connectivity index (χ2n) is 6.64. The van der Waals surface area contributed by atoms with Gasteiger partial charge in [-0.1, -0.05) is 24.3 Å². The van der Waals surface area contributed by atoms with Crippen LogP contribution in [0.4, 0.5) is 0 Å². The smallest absolute Gasteiger partial charge is 0.258 e. The molecule has 5 heteroatoms. The van der Waals surface area contributed by atoms with Gasteiger partial charge in [0.2, 0.25) is 0 Å². The van der Waals surface area contributed by atoms with Crippen LogP contribution >= 0.6 is 0 Å². The predicted molar refractivity (Wildman–Crippen MR) is 104 cm³/mol. The van der Waals surface area contributed by atoms with Crippen molar-refractivity contribution in [2.75, 3.05) is 34.4 Å².